The molecular weight excluding hydrogens is 368 g/mol. The third kappa shape index (κ3) is 4.74. The van der Waals surface area contributed by atoms with Crippen molar-refractivity contribution >= 4 is 35.0 Å². The van der Waals surface area contributed by atoms with Gasteiger partial charge in [0.2, 0.25) is 0 Å². The van der Waals surface area contributed by atoms with Gasteiger partial charge in [-0.2, -0.15) is 0 Å². The smallest absolute Gasteiger partial charge is 0.337 e. The van der Waals surface area contributed by atoms with Crippen molar-refractivity contribution in [2.24, 2.45) is 0 Å². The summed E-state index contributed by atoms with van der Waals surface area (Å²) in [5, 5.41) is 3.02. The molecule has 1 fully saturated rings. The monoisotopic (exact) mass is 388 g/mol. The molecule has 1 aromatic heterocycles. The molecule has 1 saturated heterocycles. The predicted molar refractivity (Wildman–Crippen MR) is 103 cm³/mol. The summed E-state index contributed by atoms with van der Waals surface area (Å²) < 4.78 is 4.69. The van der Waals surface area contributed by atoms with E-state index in [1.807, 2.05) is 0 Å². The molecule has 142 valence electrons. The number of methoxy groups -OCH3 is 1. The van der Waals surface area contributed by atoms with E-state index in [0.29, 0.717) is 16.3 Å². The maximum atomic E-state index is 12.6. The number of esters is 1. The molecule has 0 unspecified atom stereocenters. The van der Waals surface area contributed by atoms with Crippen LogP contribution in [0, 0.1) is 0 Å². The number of carbonyl (C=O) groups is 2. The number of hydrogen-bond donors (Lipinski definition) is 1. The molecule has 2 aromatic rings. The Morgan fingerprint density at radius 2 is 1.85 bits per heavy atom. The van der Waals surface area contributed by atoms with Gasteiger partial charge in [-0.25, -0.2) is 14.8 Å². The number of anilines is 2. The molecule has 0 atom stereocenters. The van der Waals surface area contributed by atoms with Crippen LogP contribution in [0.1, 0.15) is 46.5 Å². The molecule has 0 saturated carbocycles. The molecule has 8 heteroatoms. The predicted octanol–water partition coefficient (Wildman–Crippen LogP) is 3.55. The van der Waals surface area contributed by atoms with Crippen LogP contribution in [0.25, 0.3) is 0 Å². The number of amides is 1. The molecule has 0 radical (unpaired) electrons. The van der Waals surface area contributed by atoms with Gasteiger partial charge in [-0.05, 0) is 31.0 Å². The lowest BCUT2D eigenvalue weighted by molar-refractivity contribution is 0.0600. The van der Waals surface area contributed by atoms with E-state index in [1.54, 1.807) is 6.07 Å². The van der Waals surface area contributed by atoms with Crippen LogP contribution in [0.15, 0.2) is 30.6 Å². The number of aromatic nitrogens is 2. The molecule has 7 nitrogen and oxygen atoms in total. The van der Waals surface area contributed by atoms with Crippen LogP contribution in [0.4, 0.5) is 11.5 Å². The van der Waals surface area contributed by atoms with Crippen LogP contribution in [-0.4, -0.2) is 42.0 Å². The van der Waals surface area contributed by atoms with E-state index in [0.717, 1.165) is 31.7 Å². The van der Waals surface area contributed by atoms with Crippen molar-refractivity contribution in [1.82, 2.24) is 9.97 Å². The average Bonchev–Trinajstić information content (AvgIpc) is 2.98. The quantitative estimate of drug-likeness (QED) is 0.806. The molecule has 0 bridgehead atoms. The molecule has 2 heterocycles. The second-order valence-corrected chi connectivity index (χ2v) is 6.71. The maximum Gasteiger partial charge on any atom is 0.337 e. The highest BCUT2D eigenvalue weighted by molar-refractivity contribution is 6.34. The molecule has 0 aliphatic carbocycles. The van der Waals surface area contributed by atoms with Gasteiger partial charge in [0.1, 0.15) is 17.8 Å². The van der Waals surface area contributed by atoms with E-state index in [4.69, 9.17) is 16.3 Å². The van der Waals surface area contributed by atoms with Crippen molar-refractivity contribution in [2.75, 3.05) is 30.4 Å². The Morgan fingerprint density at radius 3 is 2.56 bits per heavy atom. The minimum absolute atomic E-state index is 0.240. The number of carbonyl (C=O) groups excluding carboxylic acids is 2. The van der Waals surface area contributed by atoms with Crippen molar-refractivity contribution < 1.29 is 14.3 Å². The van der Waals surface area contributed by atoms with Gasteiger partial charge in [0, 0.05) is 19.2 Å². The van der Waals surface area contributed by atoms with E-state index in [-0.39, 0.29) is 5.69 Å². The zero-order valence-corrected chi connectivity index (χ0v) is 15.8. The highest BCUT2D eigenvalue weighted by atomic mass is 35.5. The van der Waals surface area contributed by atoms with Crippen LogP contribution in [-0.2, 0) is 4.74 Å². The molecule has 1 aliphatic rings. The Hall–Kier alpha value is -2.67. The van der Waals surface area contributed by atoms with Crippen LogP contribution >= 0.6 is 11.6 Å². The van der Waals surface area contributed by atoms with Crippen molar-refractivity contribution in [3.05, 3.63) is 46.9 Å². The highest BCUT2D eigenvalue weighted by Crippen LogP contribution is 2.24. The van der Waals surface area contributed by atoms with Gasteiger partial charge >= 0.3 is 5.97 Å². The number of hydrogen-bond acceptors (Lipinski definition) is 6. The van der Waals surface area contributed by atoms with E-state index in [9.17, 15) is 9.59 Å². The average molecular weight is 389 g/mol. The first kappa shape index (κ1) is 19.1. The zero-order chi connectivity index (χ0) is 19.2. The van der Waals surface area contributed by atoms with E-state index < -0.39 is 11.9 Å². The van der Waals surface area contributed by atoms with Gasteiger partial charge in [-0.15, -0.1) is 0 Å². The second kappa shape index (κ2) is 8.81. The number of benzene rings is 1. The number of nitrogens with one attached hydrogen (secondary N) is 1. The van der Waals surface area contributed by atoms with Gasteiger partial charge < -0.3 is 15.0 Å². The third-order valence-electron chi connectivity index (χ3n) is 4.45. The Kier molecular flexibility index (Phi) is 6.24. The summed E-state index contributed by atoms with van der Waals surface area (Å²) in [4.78, 5) is 34.9. The van der Waals surface area contributed by atoms with Crippen molar-refractivity contribution in [1.29, 1.82) is 0 Å². The highest BCUT2D eigenvalue weighted by Gasteiger charge is 2.16. The summed E-state index contributed by atoms with van der Waals surface area (Å²) in [6.07, 6.45) is 6.04. The van der Waals surface area contributed by atoms with Crippen molar-refractivity contribution in [3.63, 3.8) is 0 Å². The fourth-order valence-electron chi connectivity index (χ4n) is 3.00. The maximum absolute atomic E-state index is 12.6. The summed E-state index contributed by atoms with van der Waals surface area (Å²) in [5.74, 6) is -0.184. The summed E-state index contributed by atoms with van der Waals surface area (Å²) in [5.41, 5.74) is 0.855. The Balaban J connectivity index is 1.78. The lowest BCUT2D eigenvalue weighted by Gasteiger charge is -2.21. The van der Waals surface area contributed by atoms with Gasteiger partial charge in [-0.3, -0.25) is 4.79 Å². The zero-order valence-electron chi connectivity index (χ0n) is 15.1. The first-order valence-corrected chi connectivity index (χ1v) is 9.22. The minimum atomic E-state index is -0.507. The standard InChI is InChI=1S/C19H21ClN4O3/c1-27-19(26)13-6-7-14(20)15(10-13)23-18(25)16-11-17(22-12-21-16)24-8-4-2-3-5-9-24/h6-7,10-12H,2-5,8-9H2,1H3,(H,23,25). The van der Waals surface area contributed by atoms with E-state index in [2.05, 4.69) is 20.2 Å². The lowest BCUT2D eigenvalue weighted by atomic mass is 10.2. The molecule has 3 rings (SSSR count). The summed E-state index contributed by atoms with van der Waals surface area (Å²) in [6.45, 7) is 1.84. The first-order valence-electron chi connectivity index (χ1n) is 8.84. The largest absolute Gasteiger partial charge is 0.465 e. The van der Waals surface area contributed by atoms with Crippen molar-refractivity contribution in [3.8, 4) is 0 Å². The van der Waals surface area contributed by atoms with Crippen LogP contribution in [0.5, 0.6) is 0 Å². The van der Waals surface area contributed by atoms with Crippen LogP contribution < -0.4 is 10.2 Å². The van der Waals surface area contributed by atoms with E-state index >= 15 is 0 Å². The fraction of sp³-hybridized carbons (Fsp3) is 0.368. The Morgan fingerprint density at radius 1 is 1.11 bits per heavy atom. The second-order valence-electron chi connectivity index (χ2n) is 6.30. The normalized spacial score (nSPS) is 14.4. The third-order valence-corrected chi connectivity index (χ3v) is 4.78. The SMILES string of the molecule is COC(=O)c1ccc(Cl)c(NC(=O)c2cc(N3CCCCCC3)ncn2)c1. The van der Waals surface area contributed by atoms with Gasteiger partial charge in [0.05, 0.1) is 23.4 Å². The molecule has 1 N–H and O–H groups in total. The van der Waals surface area contributed by atoms with Crippen LogP contribution in [0.2, 0.25) is 5.02 Å². The van der Waals surface area contributed by atoms with Crippen molar-refractivity contribution in [2.45, 2.75) is 25.7 Å². The number of halogens is 1. The van der Waals surface area contributed by atoms with Gasteiger partial charge in [-0.1, -0.05) is 24.4 Å². The first-order chi connectivity index (χ1) is 13.1. The summed E-state index contributed by atoms with van der Waals surface area (Å²) in [7, 11) is 1.29. The Labute approximate surface area is 162 Å². The lowest BCUT2D eigenvalue weighted by Crippen LogP contribution is -2.25. The van der Waals surface area contributed by atoms with E-state index in [1.165, 1.54) is 44.5 Å². The Bertz CT molecular complexity index is 835. The summed E-state index contributed by atoms with van der Waals surface area (Å²) >= 11 is 6.14. The summed E-state index contributed by atoms with van der Waals surface area (Å²) in [6, 6.07) is 6.22. The minimum Gasteiger partial charge on any atom is -0.465 e. The van der Waals surface area contributed by atoms with Gasteiger partial charge in [0.25, 0.3) is 5.91 Å². The molecule has 27 heavy (non-hydrogen) atoms. The number of nitrogens with zero attached hydrogens (tertiary/aromatic N) is 3. The molecule has 1 aliphatic heterocycles. The number of rotatable bonds is 4. The molecular formula is C19H21ClN4O3. The molecule has 1 amide bonds. The fourth-order valence-corrected chi connectivity index (χ4v) is 3.16. The molecule has 0 spiro atoms. The van der Waals surface area contributed by atoms with Crippen LogP contribution in [0.3, 0.4) is 0 Å². The van der Waals surface area contributed by atoms with Gasteiger partial charge in [0.15, 0.2) is 0 Å². The topological polar surface area (TPSA) is 84.4 Å². The molecule has 1 aromatic carbocycles. The number of ether oxygens (including phenoxy) is 1.